The van der Waals surface area contributed by atoms with Crippen LogP contribution < -0.4 is 14.8 Å². The molecule has 2 aromatic rings. The monoisotopic (exact) mass is 481 g/mol. The van der Waals surface area contributed by atoms with Gasteiger partial charge in [-0.05, 0) is 80.5 Å². The zero-order valence-corrected chi connectivity index (χ0v) is 20.8. The summed E-state index contributed by atoms with van der Waals surface area (Å²) in [6.07, 6.45) is 5.28. The second-order valence-electron chi connectivity index (χ2n) is 9.44. The zero-order valence-electron chi connectivity index (χ0n) is 20.8. The first-order chi connectivity index (χ1) is 16.9. The topological polar surface area (TPSA) is 94.1 Å². The Morgan fingerprint density at radius 2 is 1.74 bits per heavy atom. The van der Waals surface area contributed by atoms with E-state index in [1.807, 2.05) is 44.2 Å². The van der Waals surface area contributed by atoms with Crippen LogP contribution in [0.4, 0.5) is 5.69 Å². The fraction of sp³-hybridized carbons (Fsp3) is 0.500. The molecule has 0 heterocycles. The Kier molecular flexibility index (Phi) is 7.96. The number of hydrogen-bond donors (Lipinski definition) is 2. The van der Waals surface area contributed by atoms with E-state index in [1.54, 1.807) is 7.11 Å². The Hall–Kier alpha value is -3.06. The highest BCUT2D eigenvalue weighted by Crippen LogP contribution is 2.38. The molecule has 0 aromatic heterocycles. The maximum atomic E-state index is 13.0. The highest BCUT2D eigenvalue weighted by Gasteiger charge is 2.35. The SMILES string of the molecule is CCOc1cc(-c2ccc(NC(=O)C3CCCCC3C(=O)O)cc2COC2CC2)cc(OC)c1C. The highest BCUT2D eigenvalue weighted by atomic mass is 16.5. The molecule has 7 nitrogen and oxygen atoms in total. The molecule has 2 aliphatic rings. The number of carbonyl (C=O) groups is 2. The van der Waals surface area contributed by atoms with Gasteiger partial charge in [-0.2, -0.15) is 0 Å². The average Bonchev–Trinajstić information content (AvgIpc) is 3.69. The van der Waals surface area contributed by atoms with Crippen LogP contribution in [-0.4, -0.2) is 36.8 Å². The fourth-order valence-corrected chi connectivity index (χ4v) is 4.83. The number of amides is 1. The maximum absolute atomic E-state index is 13.0. The molecule has 2 aromatic carbocycles. The van der Waals surface area contributed by atoms with Gasteiger partial charge in [0.15, 0.2) is 0 Å². The first kappa shape index (κ1) is 25.0. The lowest BCUT2D eigenvalue weighted by Crippen LogP contribution is -2.36. The van der Waals surface area contributed by atoms with Crippen LogP contribution in [0.2, 0.25) is 0 Å². The number of nitrogens with one attached hydrogen (secondary N) is 1. The number of hydrogen-bond acceptors (Lipinski definition) is 5. The summed E-state index contributed by atoms with van der Waals surface area (Å²) in [5.74, 6) is -0.744. The minimum Gasteiger partial charge on any atom is -0.496 e. The summed E-state index contributed by atoms with van der Waals surface area (Å²) in [7, 11) is 1.65. The van der Waals surface area contributed by atoms with Crippen LogP contribution in [0, 0.1) is 18.8 Å². The number of ether oxygens (including phenoxy) is 3. The Balaban J connectivity index is 1.63. The van der Waals surface area contributed by atoms with Gasteiger partial charge in [-0.25, -0.2) is 0 Å². The van der Waals surface area contributed by atoms with E-state index in [0.29, 0.717) is 31.7 Å². The molecular weight excluding hydrogens is 446 g/mol. The summed E-state index contributed by atoms with van der Waals surface area (Å²) in [4.78, 5) is 24.7. The van der Waals surface area contributed by atoms with Crippen molar-refractivity contribution in [2.75, 3.05) is 19.0 Å². The molecular formula is C28H35NO6. The summed E-state index contributed by atoms with van der Waals surface area (Å²) in [6.45, 7) is 4.89. The molecule has 2 fully saturated rings. The number of benzene rings is 2. The molecule has 188 valence electrons. The fourth-order valence-electron chi connectivity index (χ4n) is 4.83. The van der Waals surface area contributed by atoms with Crippen molar-refractivity contribution < 1.29 is 28.9 Å². The largest absolute Gasteiger partial charge is 0.496 e. The van der Waals surface area contributed by atoms with E-state index in [9.17, 15) is 14.7 Å². The van der Waals surface area contributed by atoms with E-state index in [2.05, 4.69) is 5.32 Å². The van der Waals surface area contributed by atoms with Gasteiger partial charge in [0.2, 0.25) is 5.91 Å². The van der Waals surface area contributed by atoms with Crippen LogP contribution in [-0.2, 0) is 20.9 Å². The van der Waals surface area contributed by atoms with Crippen molar-refractivity contribution in [2.24, 2.45) is 11.8 Å². The Morgan fingerprint density at radius 3 is 2.40 bits per heavy atom. The predicted molar refractivity (Wildman–Crippen MR) is 134 cm³/mol. The quantitative estimate of drug-likeness (QED) is 0.460. The number of rotatable bonds is 10. The van der Waals surface area contributed by atoms with Gasteiger partial charge in [0, 0.05) is 11.3 Å². The number of carboxylic acids is 1. The molecule has 2 N–H and O–H groups in total. The number of aliphatic carboxylic acids is 1. The summed E-state index contributed by atoms with van der Waals surface area (Å²) >= 11 is 0. The van der Waals surface area contributed by atoms with Crippen LogP contribution in [0.25, 0.3) is 11.1 Å². The third kappa shape index (κ3) is 5.96. The Bertz CT molecular complexity index is 1080. The lowest BCUT2D eigenvalue weighted by Gasteiger charge is -2.27. The van der Waals surface area contributed by atoms with Gasteiger partial charge in [-0.15, -0.1) is 0 Å². The molecule has 1 amide bonds. The number of carbonyl (C=O) groups excluding carboxylic acids is 1. The van der Waals surface area contributed by atoms with E-state index >= 15 is 0 Å². The van der Waals surface area contributed by atoms with Crippen molar-refractivity contribution in [1.82, 2.24) is 0 Å². The van der Waals surface area contributed by atoms with Crippen LogP contribution >= 0.6 is 0 Å². The molecule has 0 radical (unpaired) electrons. The van der Waals surface area contributed by atoms with Gasteiger partial charge in [0.1, 0.15) is 11.5 Å². The third-order valence-electron chi connectivity index (χ3n) is 6.93. The van der Waals surface area contributed by atoms with Crippen LogP contribution in [0.5, 0.6) is 11.5 Å². The first-order valence-electron chi connectivity index (χ1n) is 12.5. The van der Waals surface area contributed by atoms with E-state index in [0.717, 1.165) is 59.4 Å². The van der Waals surface area contributed by atoms with Crippen molar-refractivity contribution in [2.45, 2.75) is 65.1 Å². The van der Waals surface area contributed by atoms with Crippen molar-refractivity contribution in [1.29, 1.82) is 0 Å². The summed E-state index contributed by atoms with van der Waals surface area (Å²) in [5.41, 5.74) is 4.46. The summed E-state index contributed by atoms with van der Waals surface area (Å²) in [5, 5.41) is 12.5. The Morgan fingerprint density at radius 1 is 1.03 bits per heavy atom. The number of anilines is 1. The molecule has 0 spiro atoms. The maximum Gasteiger partial charge on any atom is 0.307 e. The molecule has 0 bridgehead atoms. The van der Waals surface area contributed by atoms with Crippen LogP contribution in [0.15, 0.2) is 30.3 Å². The third-order valence-corrected chi connectivity index (χ3v) is 6.93. The minimum atomic E-state index is -0.892. The predicted octanol–water partition coefficient (Wildman–Crippen LogP) is 5.58. The molecule has 2 aliphatic carbocycles. The van der Waals surface area contributed by atoms with E-state index < -0.39 is 17.8 Å². The molecule has 7 heteroatoms. The minimum absolute atomic E-state index is 0.227. The standard InChI is InChI=1S/C28H35NO6/c1-4-34-26-15-18(14-25(33-3)17(26)2)22-12-9-20(13-19(22)16-35-21-10-11-21)29-27(30)23-7-5-6-8-24(23)28(31)32/h9,12-15,21,23-24H,4-8,10-11,16H2,1-3H3,(H,29,30)(H,31,32). The molecule has 4 rings (SSSR count). The van der Waals surface area contributed by atoms with E-state index in [-0.39, 0.29) is 12.0 Å². The van der Waals surface area contributed by atoms with Gasteiger partial charge >= 0.3 is 5.97 Å². The molecule has 2 saturated carbocycles. The number of carboxylic acid groups (broad SMARTS) is 1. The van der Waals surface area contributed by atoms with Crippen molar-refractivity contribution >= 4 is 17.6 Å². The van der Waals surface area contributed by atoms with Gasteiger partial charge in [-0.3, -0.25) is 9.59 Å². The molecule has 0 aliphatic heterocycles. The normalized spacial score (nSPS) is 19.7. The second-order valence-corrected chi connectivity index (χ2v) is 9.44. The van der Waals surface area contributed by atoms with Gasteiger partial charge in [-0.1, -0.05) is 18.9 Å². The lowest BCUT2D eigenvalue weighted by atomic mass is 9.78. The van der Waals surface area contributed by atoms with Crippen molar-refractivity contribution in [3.8, 4) is 22.6 Å². The zero-order chi connectivity index (χ0) is 24.9. The van der Waals surface area contributed by atoms with Crippen LogP contribution in [0.3, 0.4) is 0 Å². The second kappa shape index (κ2) is 11.1. The lowest BCUT2D eigenvalue weighted by molar-refractivity contribution is -0.147. The van der Waals surface area contributed by atoms with Crippen molar-refractivity contribution in [3.05, 3.63) is 41.5 Å². The Labute approximate surface area is 206 Å². The van der Waals surface area contributed by atoms with E-state index in [4.69, 9.17) is 14.2 Å². The van der Waals surface area contributed by atoms with E-state index in [1.165, 1.54) is 0 Å². The number of methoxy groups -OCH3 is 1. The van der Waals surface area contributed by atoms with Gasteiger partial charge in [0.05, 0.1) is 38.3 Å². The van der Waals surface area contributed by atoms with Crippen molar-refractivity contribution in [3.63, 3.8) is 0 Å². The average molecular weight is 482 g/mol. The van der Waals surface area contributed by atoms with Crippen LogP contribution in [0.1, 0.15) is 56.6 Å². The summed E-state index contributed by atoms with van der Waals surface area (Å²) < 4.78 is 17.5. The highest BCUT2D eigenvalue weighted by molar-refractivity contribution is 5.95. The molecule has 0 saturated heterocycles. The first-order valence-corrected chi connectivity index (χ1v) is 12.5. The molecule has 35 heavy (non-hydrogen) atoms. The molecule has 2 atom stereocenters. The van der Waals surface area contributed by atoms with Gasteiger partial charge < -0.3 is 24.6 Å². The molecule has 2 unspecified atom stereocenters. The van der Waals surface area contributed by atoms with Gasteiger partial charge in [0.25, 0.3) is 0 Å². The smallest absolute Gasteiger partial charge is 0.307 e. The summed E-state index contributed by atoms with van der Waals surface area (Å²) in [6, 6.07) is 9.76.